The molecule has 0 amide bonds. The smallest absolute Gasteiger partial charge is 0.139 e. The van der Waals surface area contributed by atoms with Gasteiger partial charge in [-0.2, -0.15) is 0 Å². The molecular formula is C12H16Cl2NO2+. The Morgan fingerprint density at radius 3 is 2.94 bits per heavy atom. The molecule has 0 spiro atoms. The van der Waals surface area contributed by atoms with Crippen LogP contribution in [0.5, 0.6) is 5.75 Å². The number of ether oxygens (including phenoxy) is 1. The average Bonchev–Trinajstić information content (AvgIpc) is 2.31. The van der Waals surface area contributed by atoms with Crippen LogP contribution >= 0.6 is 23.2 Å². The number of nitrogens with two attached hydrogens (primary N) is 1. The maximum Gasteiger partial charge on any atom is 0.139 e. The van der Waals surface area contributed by atoms with Gasteiger partial charge in [-0.1, -0.05) is 29.8 Å². The quantitative estimate of drug-likeness (QED) is 0.586. The van der Waals surface area contributed by atoms with Crippen LogP contribution in [0.3, 0.4) is 0 Å². The number of halogens is 2. The van der Waals surface area contributed by atoms with E-state index in [2.05, 4.69) is 6.58 Å². The first-order valence-corrected chi connectivity index (χ1v) is 6.07. The Morgan fingerprint density at radius 2 is 2.24 bits per heavy atom. The highest BCUT2D eigenvalue weighted by atomic mass is 35.5. The summed E-state index contributed by atoms with van der Waals surface area (Å²) >= 11 is 11.7. The van der Waals surface area contributed by atoms with E-state index in [0.29, 0.717) is 22.3 Å². The molecule has 0 aliphatic carbocycles. The highest BCUT2D eigenvalue weighted by Crippen LogP contribution is 2.27. The first-order chi connectivity index (χ1) is 8.13. The molecule has 1 atom stereocenters. The normalized spacial score (nSPS) is 12.2. The van der Waals surface area contributed by atoms with Gasteiger partial charge in [0.1, 0.15) is 25.0 Å². The van der Waals surface area contributed by atoms with Crippen molar-refractivity contribution in [1.82, 2.24) is 0 Å². The molecular weight excluding hydrogens is 261 g/mol. The van der Waals surface area contributed by atoms with Crippen LogP contribution < -0.4 is 10.1 Å². The maximum absolute atomic E-state index is 9.63. The fourth-order valence-electron chi connectivity index (χ4n) is 1.25. The van der Waals surface area contributed by atoms with E-state index in [1.54, 1.807) is 24.3 Å². The molecule has 3 nitrogen and oxygen atoms in total. The molecule has 0 bridgehead atoms. The Morgan fingerprint density at radius 1 is 1.47 bits per heavy atom. The number of hydrogen-bond donors (Lipinski definition) is 2. The summed E-state index contributed by atoms with van der Waals surface area (Å²) in [7, 11) is 0. The number of hydrogen-bond acceptors (Lipinski definition) is 2. The van der Waals surface area contributed by atoms with Crippen molar-refractivity contribution < 1.29 is 15.2 Å². The van der Waals surface area contributed by atoms with Gasteiger partial charge in [0, 0.05) is 11.1 Å². The zero-order chi connectivity index (χ0) is 12.7. The van der Waals surface area contributed by atoms with E-state index in [9.17, 15) is 5.11 Å². The summed E-state index contributed by atoms with van der Waals surface area (Å²) in [5.41, 5.74) is 0. The zero-order valence-electron chi connectivity index (χ0n) is 9.40. The van der Waals surface area contributed by atoms with Gasteiger partial charge in [0.15, 0.2) is 0 Å². The van der Waals surface area contributed by atoms with Crippen LogP contribution in [-0.2, 0) is 0 Å². The first-order valence-electron chi connectivity index (χ1n) is 5.32. The van der Waals surface area contributed by atoms with E-state index in [1.807, 2.05) is 5.32 Å². The van der Waals surface area contributed by atoms with Gasteiger partial charge in [-0.05, 0) is 18.2 Å². The van der Waals surface area contributed by atoms with Crippen molar-refractivity contribution in [3.63, 3.8) is 0 Å². The van der Waals surface area contributed by atoms with E-state index in [4.69, 9.17) is 27.9 Å². The molecule has 0 radical (unpaired) electrons. The standard InChI is InChI=1S/C12H15Cl2NO2/c1-2-5-15-7-10(16)8-17-12-6-9(13)3-4-11(12)14/h2-4,6,10,15-16H,1,5,7-8H2/p+1/t10-/m1/s1. The first kappa shape index (κ1) is 14.3. The highest BCUT2D eigenvalue weighted by molar-refractivity contribution is 6.34. The van der Waals surface area contributed by atoms with E-state index in [0.717, 1.165) is 6.54 Å². The minimum atomic E-state index is -0.551. The van der Waals surface area contributed by atoms with Gasteiger partial charge < -0.3 is 15.2 Å². The third-order valence-electron chi connectivity index (χ3n) is 2.10. The molecule has 0 aliphatic heterocycles. The van der Waals surface area contributed by atoms with Gasteiger partial charge in [-0.15, -0.1) is 0 Å². The fourth-order valence-corrected chi connectivity index (χ4v) is 1.58. The van der Waals surface area contributed by atoms with Gasteiger partial charge >= 0.3 is 0 Å². The summed E-state index contributed by atoms with van der Waals surface area (Å²) in [5, 5.41) is 12.6. The number of aliphatic hydroxyl groups is 1. The lowest BCUT2D eigenvalue weighted by molar-refractivity contribution is -0.652. The second-order valence-electron chi connectivity index (χ2n) is 3.59. The second kappa shape index (κ2) is 7.56. The molecule has 0 fully saturated rings. The molecule has 17 heavy (non-hydrogen) atoms. The van der Waals surface area contributed by atoms with E-state index < -0.39 is 6.10 Å². The highest BCUT2D eigenvalue weighted by Gasteiger charge is 2.09. The van der Waals surface area contributed by atoms with Gasteiger partial charge in [-0.25, -0.2) is 0 Å². The molecule has 0 heterocycles. The van der Waals surface area contributed by atoms with Gasteiger partial charge in [-0.3, -0.25) is 0 Å². The molecule has 0 aliphatic rings. The SMILES string of the molecule is C=CC[NH2+]C[C@@H](O)COc1cc(Cl)ccc1Cl. The number of aliphatic hydroxyl groups excluding tert-OH is 1. The van der Waals surface area contributed by atoms with Crippen LogP contribution in [0.15, 0.2) is 30.9 Å². The summed E-state index contributed by atoms with van der Waals surface area (Å²) in [4.78, 5) is 0. The predicted molar refractivity (Wildman–Crippen MR) is 69.8 cm³/mol. The van der Waals surface area contributed by atoms with Crippen LogP contribution in [0, 0.1) is 0 Å². The van der Waals surface area contributed by atoms with E-state index in [1.165, 1.54) is 0 Å². The monoisotopic (exact) mass is 276 g/mol. The topological polar surface area (TPSA) is 46.1 Å². The number of rotatable bonds is 7. The van der Waals surface area contributed by atoms with Crippen molar-refractivity contribution in [2.24, 2.45) is 0 Å². The fraction of sp³-hybridized carbons (Fsp3) is 0.333. The minimum absolute atomic E-state index is 0.188. The Labute approximate surface area is 111 Å². The van der Waals surface area contributed by atoms with Crippen LogP contribution in [0.25, 0.3) is 0 Å². The molecule has 3 N–H and O–H groups in total. The second-order valence-corrected chi connectivity index (χ2v) is 4.43. The summed E-state index contributed by atoms with van der Waals surface area (Å²) in [6, 6.07) is 4.98. The third-order valence-corrected chi connectivity index (χ3v) is 2.64. The molecule has 0 aromatic heterocycles. The van der Waals surface area contributed by atoms with Crippen molar-refractivity contribution in [3.8, 4) is 5.75 Å². The van der Waals surface area contributed by atoms with Crippen molar-refractivity contribution in [2.75, 3.05) is 19.7 Å². The lowest BCUT2D eigenvalue weighted by Crippen LogP contribution is -2.86. The summed E-state index contributed by atoms with van der Waals surface area (Å²) < 4.78 is 5.40. The molecule has 5 heteroatoms. The average molecular weight is 277 g/mol. The van der Waals surface area contributed by atoms with Crippen molar-refractivity contribution in [3.05, 3.63) is 40.9 Å². The summed E-state index contributed by atoms with van der Waals surface area (Å²) in [6.45, 7) is 5.12. The lowest BCUT2D eigenvalue weighted by atomic mass is 10.3. The number of benzene rings is 1. The third kappa shape index (κ3) is 5.41. The summed E-state index contributed by atoms with van der Waals surface area (Å²) in [5.74, 6) is 0.488. The Kier molecular flexibility index (Phi) is 6.37. The van der Waals surface area contributed by atoms with Crippen LogP contribution in [-0.4, -0.2) is 30.9 Å². The largest absolute Gasteiger partial charge is 0.489 e. The Balaban J connectivity index is 2.38. The van der Waals surface area contributed by atoms with Gasteiger partial charge in [0.05, 0.1) is 11.6 Å². The molecule has 0 saturated carbocycles. The van der Waals surface area contributed by atoms with Gasteiger partial charge in [0.2, 0.25) is 0 Å². The van der Waals surface area contributed by atoms with Crippen LogP contribution in [0.2, 0.25) is 10.0 Å². The van der Waals surface area contributed by atoms with E-state index >= 15 is 0 Å². The summed E-state index contributed by atoms with van der Waals surface area (Å²) in [6.07, 6.45) is 1.23. The van der Waals surface area contributed by atoms with E-state index in [-0.39, 0.29) is 6.61 Å². The molecule has 1 aromatic rings. The predicted octanol–water partition coefficient (Wildman–Crippen LogP) is 1.48. The van der Waals surface area contributed by atoms with Gasteiger partial charge in [0.25, 0.3) is 0 Å². The molecule has 0 unspecified atom stereocenters. The minimum Gasteiger partial charge on any atom is -0.489 e. The lowest BCUT2D eigenvalue weighted by Gasteiger charge is -2.12. The van der Waals surface area contributed by atoms with Crippen molar-refractivity contribution in [1.29, 1.82) is 0 Å². The van der Waals surface area contributed by atoms with Crippen LogP contribution in [0.1, 0.15) is 0 Å². The molecule has 94 valence electrons. The van der Waals surface area contributed by atoms with Crippen molar-refractivity contribution >= 4 is 23.2 Å². The molecule has 0 saturated heterocycles. The Bertz CT molecular complexity index is 372. The van der Waals surface area contributed by atoms with Crippen LogP contribution in [0.4, 0.5) is 0 Å². The maximum atomic E-state index is 9.63. The number of quaternary nitrogens is 1. The molecule has 1 aromatic carbocycles. The Hall–Kier alpha value is -0.740. The van der Waals surface area contributed by atoms with Crippen molar-refractivity contribution in [2.45, 2.75) is 6.10 Å². The molecule has 1 rings (SSSR count). The zero-order valence-corrected chi connectivity index (χ0v) is 10.9.